The van der Waals surface area contributed by atoms with Crippen molar-refractivity contribution in [1.82, 2.24) is 4.90 Å². The lowest BCUT2D eigenvalue weighted by Gasteiger charge is -2.19. The average Bonchev–Trinajstić information content (AvgIpc) is 2.29. The van der Waals surface area contributed by atoms with Crippen molar-refractivity contribution in [2.75, 3.05) is 19.7 Å². The van der Waals surface area contributed by atoms with E-state index in [0.717, 1.165) is 0 Å². The van der Waals surface area contributed by atoms with Gasteiger partial charge in [0.1, 0.15) is 0 Å². The van der Waals surface area contributed by atoms with Gasteiger partial charge in [-0.05, 0) is 12.1 Å². The van der Waals surface area contributed by atoms with Crippen molar-refractivity contribution in [3.8, 4) is 0 Å². The van der Waals surface area contributed by atoms with Crippen molar-refractivity contribution < 1.29 is 10.0 Å². The molecule has 6 heteroatoms. The third kappa shape index (κ3) is 4.10. The number of halogens is 1. The Morgan fingerprint density at radius 3 is 2.83 bits per heavy atom. The second-order valence-electron chi connectivity index (χ2n) is 3.78. The van der Waals surface area contributed by atoms with Gasteiger partial charge in [0, 0.05) is 36.3 Å². The monoisotopic (exact) mass is 270 g/mol. The zero-order chi connectivity index (χ0) is 13.5. The highest BCUT2D eigenvalue weighted by Crippen LogP contribution is 2.24. The molecular weight excluding hydrogens is 256 g/mol. The van der Waals surface area contributed by atoms with Crippen LogP contribution >= 0.6 is 11.6 Å². The molecule has 0 atom stereocenters. The Morgan fingerprint density at radius 1 is 1.56 bits per heavy atom. The molecule has 0 aliphatic heterocycles. The Balaban J connectivity index is 2.95. The van der Waals surface area contributed by atoms with E-state index in [-0.39, 0.29) is 12.3 Å². The van der Waals surface area contributed by atoms with Crippen LogP contribution in [-0.2, 0) is 6.54 Å². The van der Waals surface area contributed by atoms with Crippen LogP contribution in [0.2, 0.25) is 5.02 Å². The van der Waals surface area contributed by atoms with Crippen LogP contribution in [0.5, 0.6) is 0 Å². The molecule has 1 aromatic carbocycles. The zero-order valence-corrected chi connectivity index (χ0v) is 10.6. The van der Waals surface area contributed by atoms with Gasteiger partial charge in [0.15, 0.2) is 0 Å². The predicted octanol–water partition coefficient (Wildman–Crippen LogP) is 2.23. The van der Waals surface area contributed by atoms with Gasteiger partial charge in [0.25, 0.3) is 5.69 Å². The molecule has 0 saturated carbocycles. The van der Waals surface area contributed by atoms with Crippen LogP contribution in [-0.4, -0.2) is 34.6 Å². The van der Waals surface area contributed by atoms with E-state index >= 15 is 0 Å². The topological polar surface area (TPSA) is 66.6 Å². The molecule has 98 valence electrons. The normalized spacial score (nSPS) is 10.6. The molecule has 0 aliphatic rings. The van der Waals surface area contributed by atoms with E-state index in [2.05, 4.69) is 6.58 Å². The number of aliphatic hydroxyl groups excluding tert-OH is 1. The quantitative estimate of drug-likeness (QED) is 0.469. The van der Waals surface area contributed by atoms with Crippen molar-refractivity contribution in [2.24, 2.45) is 0 Å². The van der Waals surface area contributed by atoms with Gasteiger partial charge >= 0.3 is 0 Å². The molecule has 0 aliphatic carbocycles. The van der Waals surface area contributed by atoms with E-state index in [1.807, 2.05) is 4.90 Å². The van der Waals surface area contributed by atoms with Crippen molar-refractivity contribution in [2.45, 2.75) is 6.54 Å². The van der Waals surface area contributed by atoms with Gasteiger partial charge in [-0.15, -0.1) is 6.58 Å². The summed E-state index contributed by atoms with van der Waals surface area (Å²) >= 11 is 5.85. The first-order chi connectivity index (χ1) is 8.58. The average molecular weight is 271 g/mol. The highest BCUT2D eigenvalue weighted by molar-refractivity contribution is 6.30. The lowest BCUT2D eigenvalue weighted by molar-refractivity contribution is -0.385. The molecule has 1 aromatic rings. The minimum absolute atomic E-state index is 0.0117. The van der Waals surface area contributed by atoms with E-state index in [9.17, 15) is 10.1 Å². The minimum atomic E-state index is -0.434. The van der Waals surface area contributed by atoms with Crippen LogP contribution in [0.1, 0.15) is 5.56 Å². The van der Waals surface area contributed by atoms with Crippen LogP contribution in [0.25, 0.3) is 0 Å². The van der Waals surface area contributed by atoms with Crippen LogP contribution in [0, 0.1) is 10.1 Å². The Bertz CT molecular complexity index is 437. The molecule has 0 heterocycles. The van der Waals surface area contributed by atoms with Crippen molar-refractivity contribution in [3.05, 3.63) is 51.6 Å². The molecule has 0 saturated heterocycles. The number of nitro benzene ring substituents is 1. The predicted molar refractivity (Wildman–Crippen MR) is 70.7 cm³/mol. The Kier molecular flexibility index (Phi) is 5.77. The smallest absolute Gasteiger partial charge is 0.273 e. The summed E-state index contributed by atoms with van der Waals surface area (Å²) in [6.45, 7) is 4.93. The molecule has 0 aromatic heterocycles. The molecular formula is C12H15ClN2O3. The highest BCUT2D eigenvalue weighted by Gasteiger charge is 2.16. The van der Waals surface area contributed by atoms with E-state index in [4.69, 9.17) is 16.7 Å². The maximum absolute atomic E-state index is 10.9. The van der Waals surface area contributed by atoms with Gasteiger partial charge in [-0.3, -0.25) is 15.0 Å². The highest BCUT2D eigenvalue weighted by atomic mass is 35.5. The molecule has 0 radical (unpaired) electrons. The first kappa shape index (κ1) is 14.6. The second kappa shape index (κ2) is 7.10. The first-order valence-electron chi connectivity index (χ1n) is 5.45. The zero-order valence-electron chi connectivity index (χ0n) is 9.88. The molecule has 1 N–H and O–H groups in total. The maximum atomic E-state index is 10.9. The number of aliphatic hydroxyl groups is 1. The number of rotatable bonds is 7. The van der Waals surface area contributed by atoms with Crippen molar-refractivity contribution >= 4 is 17.3 Å². The van der Waals surface area contributed by atoms with Crippen LogP contribution in [0.15, 0.2) is 30.9 Å². The Hall–Kier alpha value is -1.43. The van der Waals surface area contributed by atoms with Crippen LogP contribution in [0.4, 0.5) is 5.69 Å². The van der Waals surface area contributed by atoms with Gasteiger partial charge in [0.05, 0.1) is 11.5 Å². The third-order valence-electron chi connectivity index (χ3n) is 2.44. The summed E-state index contributed by atoms with van der Waals surface area (Å²) in [6, 6.07) is 4.46. The van der Waals surface area contributed by atoms with E-state index < -0.39 is 4.92 Å². The lowest BCUT2D eigenvalue weighted by atomic mass is 10.1. The Labute approximate surface area is 110 Å². The van der Waals surface area contributed by atoms with E-state index in [1.165, 1.54) is 12.1 Å². The van der Waals surface area contributed by atoms with Gasteiger partial charge in [-0.2, -0.15) is 0 Å². The van der Waals surface area contributed by atoms with Gasteiger partial charge in [-0.25, -0.2) is 0 Å². The van der Waals surface area contributed by atoms with E-state index in [1.54, 1.807) is 12.1 Å². The Morgan fingerprint density at radius 2 is 2.28 bits per heavy atom. The number of nitrogens with zero attached hydrogens (tertiary/aromatic N) is 2. The summed E-state index contributed by atoms with van der Waals surface area (Å²) in [7, 11) is 0. The van der Waals surface area contributed by atoms with Crippen LogP contribution < -0.4 is 0 Å². The second-order valence-corrected chi connectivity index (χ2v) is 4.21. The summed E-state index contributed by atoms with van der Waals surface area (Å²) in [4.78, 5) is 12.3. The van der Waals surface area contributed by atoms with Crippen molar-refractivity contribution in [3.63, 3.8) is 0 Å². The van der Waals surface area contributed by atoms with Crippen LogP contribution in [0.3, 0.4) is 0 Å². The number of hydrogen-bond acceptors (Lipinski definition) is 4. The molecule has 0 spiro atoms. The number of hydrogen-bond donors (Lipinski definition) is 1. The lowest BCUT2D eigenvalue weighted by Crippen LogP contribution is -2.26. The molecule has 0 fully saturated rings. The summed E-state index contributed by atoms with van der Waals surface area (Å²) < 4.78 is 0. The maximum Gasteiger partial charge on any atom is 0.273 e. The fourth-order valence-corrected chi connectivity index (χ4v) is 1.85. The SMILES string of the molecule is C=CCN(CCO)Cc1cc(Cl)ccc1[N+](=O)[O-]. The summed E-state index contributed by atoms with van der Waals surface area (Å²) in [5, 5.41) is 20.3. The largest absolute Gasteiger partial charge is 0.395 e. The molecule has 1 rings (SSSR count). The molecule has 0 amide bonds. The van der Waals surface area contributed by atoms with Gasteiger partial charge in [0.2, 0.25) is 0 Å². The van der Waals surface area contributed by atoms with Gasteiger partial charge in [-0.1, -0.05) is 17.7 Å². The van der Waals surface area contributed by atoms with Gasteiger partial charge < -0.3 is 5.11 Å². The molecule has 0 bridgehead atoms. The fourth-order valence-electron chi connectivity index (χ4n) is 1.66. The van der Waals surface area contributed by atoms with E-state index in [0.29, 0.717) is 30.2 Å². The molecule has 18 heavy (non-hydrogen) atoms. The molecule has 0 unspecified atom stereocenters. The summed E-state index contributed by atoms with van der Waals surface area (Å²) in [6.07, 6.45) is 1.69. The standard InChI is InChI=1S/C12H15ClN2O3/c1-2-5-14(6-7-16)9-10-8-11(13)3-4-12(10)15(17)18/h2-4,8,16H,1,5-7,9H2. The molecule has 5 nitrogen and oxygen atoms in total. The minimum Gasteiger partial charge on any atom is -0.395 e. The summed E-state index contributed by atoms with van der Waals surface area (Å²) in [5.41, 5.74) is 0.564. The van der Waals surface area contributed by atoms with Crippen molar-refractivity contribution in [1.29, 1.82) is 0 Å². The number of nitro groups is 1. The first-order valence-corrected chi connectivity index (χ1v) is 5.83. The fraction of sp³-hybridized carbons (Fsp3) is 0.333. The third-order valence-corrected chi connectivity index (χ3v) is 2.67. The summed E-state index contributed by atoms with van der Waals surface area (Å²) in [5.74, 6) is 0. The number of benzene rings is 1.